The van der Waals surface area contributed by atoms with Crippen molar-refractivity contribution >= 4 is 5.91 Å². The Morgan fingerprint density at radius 3 is 2.75 bits per heavy atom. The van der Waals surface area contributed by atoms with Crippen LogP contribution in [0.3, 0.4) is 0 Å². The van der Waals surface area contributed by atoms with Crippen LogP contribution in [0.5, 0.6) is 0 Å². The van der Waals surface area contributed by atoms with Crippen LogP contribution in [0.4, 0.5) is 0 Å². The van der Waals surface area contributed by atoms with E-state index >= 15 is 0 Å². The quantitative estimate of drug-likeness (QED) is 0.744. The fourth-order valence-electron chi connectivity index (χ4n) is 1.52. The topological polar surface area (TPSA) is 83.0 Å². The summed E-state index contributed by atoms with van der Waals surface area (Å²) in [7, 11) is 1.64. The van der Waals surface area contributed by atoms with Crippen molar-refractivity contribution in [2.45, 2.75) is 32.7 Å². The van der Waals surface area contributed by atoms with E-state index in [4.69, 9.17) is 10.5 Å². The third-order valence-corrected chi connectivity index (χ3v) is 2.25. The summed E-state index contributed by atoms with van der Waals surface area (Å²) >= 11 is 0. The van der Waals surface area contributed by atoms with Gasteiger partial charge >= 0.3 is 0 Å². The number of amides is 1. The number of nitrogens with two attached hydrogens (primary N) is 1. The Kier molecular flexibility index (Phi) is 4.42. The van der Waals surface area contributed by atoms with Gasteiger partial charge in [0, 0.05) is 19.6 Å². The van der Waals surface area contributed by atoms with E-state index in [-0.39, 0.29) is 12.5 Å². The van der Waals surface area contributed by atoms with E-state index in [1.807, 2.05) is 13.8 Å². The molecule has 0 aromatic carbocycles. The highest BCUT2D eigenvalue weighted by molar-refractivity contribution is 5.76. The molecule has 0 aliphatic heterocycles. The number of rotatable bonds is 6. The van der Waals surface area contributed by atoms with Crippen molar-refractivity contribution in [3.8, 4) is 0 Å². The molecule has 0 saturated carbocycles. The number of nitrogens with zero attached hydrogens (tertiary/aromatic N) is 3. The maximum Gasteiger partial charge on any atom is 0.223 e. The predicted molar refractivity (Wildman–Crippen MR) is 58.9 cm³/mol. The number of aromatic nitrogens is 3. The Morgan fingerprint density at radius 1 is 1.56 bits per heavy atom. The second kappa shape index (κ2) is 5.60. The van der Waals surface area contributed by atoms with Gasteiger partial charge < -0.3 is 10.5 Å². The van der Waals surface area contributed by atoms with E-state index in [0.29, 0.717) is 18.7 Å². The van der Waals surface area contributed by atoms with Gasteiger partial charge in [0.25, 0.3) is 0 Å². The number of hydrogen-bond donors (Lipinski definition) is 1. The van der Waals surface area contributed by atoms with Gasteiger partial charge in [-0.25, -0.2) is 4.68 Å². The Morgan fingerprint density at radius 2 is 2.25 bits per heavy atom. The molecule has 0 radical (unpaired) electrons. The molecule has 1 aromatic rings. The molecular weight excluding hydrogens is 208 g/mol. The molecule has 1 aromatic heterocycles. The first-order valence-electron chi connectivity index (χ1n) is 5.26. The summed E-state index contributed by atoms with van der Waals surface area (Å²) in [4.78, 5) is 10.9. The Balaban J connectivity index is 2.94. The van der Waals surface area contributed by atoms with Crippen molar-refractivity contribution in [3.05, 3.63) is 11.4 Å². The van der Waals surface area contributed by atoms with Crippen molar-refractivity contribution in [1.82, 2.24) is 15.0 Å². The van der Waals surface area contributed by atoms with Crippen LogP contribution < -0.4 is 5.73 Å². The smallest absolute Gasteiger partial charge is 0.223 e. The van der Waals surface area contributed by atoms with E-state index in [9.17, 15) is 4.79 Å². The van der Waals surface area contributed by atoms with E-state index in [1.165, 1.54) is 0 Å². The zero-order valence-corrected chi connectivity index (χ0v) is 9.93. The van der Waals surface area contributed by atoms with E-state index in [1.54, 1.807) is 11.8 Å². The molecule has 0 saturated heterocycles. The lowest BCUT2D eigenvalue weighted by Crippen LogP contribution is -2.16. The Hall–Kier alpha value is -1.43. The molecule has 1 amide bonds. The van der Waals surface area contributed by atoms with Crippen molar-refractivity contribution in [1.29, 1.82) is 0 Å². The number of methoxy groups -OCH3 is 1. The molecule has 6 nitrogen and oxygen atoms in total. The normalized spacial score (nSPS) is 11.0. The fraction of sp³-hybridized carbons (Fsp3) is 0.700. The monoisotopic (exact) mass is 226 g/mol. The van der Waals surface area contributed by atoms with Gasteiger partial charge in [0.2, 0.25) is 5.91 Å². The summed E-state index contributed by atoms with van der Waals surface area (Å²) < 4.78 is 6.83. The Labute approximate surface area is 94.8 Å². The number of ether oxygens (including phenoxy) is 1. The number of primary amides is 1. The van der Waals surface area contributed by atoms with Crippen molar-refractivity contribution in [2.24, 2.45) is 5.73 Å². The maximum atomic E-state index is 10.9. The van der Waals surface area contributed by atoms with E-state index in [2.05, 4.69) is 10.3 Å². The number of carbonyl (C=O) groups excluding carboxylic acids is 1. The average molecular weight is 226 g/mol. The van der Waals surface area contributed by atoms with Gasteiger partial charge in [-0.1, -0.05) is 5.21 Å². The molecular formula is C10H18N4O2. The van der Waals surface area contributed by atoms with Gasteiger partial charge in [0.1, 0.15) is 0 Å². The molecule has 0 fully saturated rings. The lowest BCUT2D eigenvalue weighted by molar-refractivity contribution is -0.117. The average Bonchev–Trinajstić information content (AvgIpc) is 2.57. The minimum Gasteiger partial charge on any atom is -0.384 e. The lowest BCUT2D eigenvalue weighted by atomic mass is 10.2. The number of carbonyl (C=O) groups is 1. The second-order valence-electron chi connectivity index (χ2n) is 3.91. The molecule has 1 rings (SSSR count). The minimum atomic E-state index is -0.394. The first kappa shape index (κ1) is 12.6. The fourth-order valence-corrected chi connectivity index (χ4v) is 1.52. The zero-order chi connectivity index (χ0) is 12.1. The van der Waals surface area contributed by atoms with E-state index in [0.717, 1.165) is 5.69 Å². The third kappa shape index (κ3) is 3.03. The van der Waals surface area contributed by atoms with Crippen LogP contribution in [0.15, 0.2) is 0 Å². The van der Waals surface area contributed by atoms with Gasteiger partial charge in [-0.05, 0) is 13.8 Å². The van der Waals surface area contributed by atoms with Crippen LogP contribution in [0.2, 0.25) is 0 Å². The van der Waals surface area contributed by atoms with Crippen molar-refractivity contribution < 1.29 is 9.53 Å². The van der Waals surface area contributed by atoms with Crippen LogP contribution in [0.1, 0.15) is 31.3 Å². The van der Waals surface area contributed by atoms with E-state index < -0.39 is 5.91 Å². The van der Waals surface area contributed by atoms with Gasteiger partial charge in [-0.15, -0.1) is 5.10 Å². The van der Waals surface area contributed by atoms with Crippen molar-refractivity contribution in [2.75, 3.05) is 13.7 Å². The molecule has 0 spiro atoms. The molecule has 0 aliphatic rings. The predicted octanol–water partition coefficient (Wildman–Crippen LogP) is 0.0757. The molecule has 6 heteroatoms. The molecule has 1 heterocycles. The highest BCUT2D eigenvalue weighted by Gasteiger charge is 2.16. The molecule has 90 valence electrons. The summed E-state index contributed by atoms with van der Waals surface area (Å²) in [6, 6.07) is 0.209. The van der Waals surface area contributed by atoms with Gasteiger partial charge in [-0.2, -0.15) is 0 Å². The highest BCUT2D eigenvalue weighted by Crippen LogP contribution is 2.13. The summed E-state index contributed by atoms with van der Waals surface area (Å²) in [5.74, 6) is -0.394. The Bertz CT molecular complexity index is 360. The first-order valence-corrected chi connectivity index (χ1v) is 5.26. The highest BCUT2D eigenvalue weighted by atomic mass is 16.5. The first-order chi connectivity index (χ1) is 7.56. The molecule has 2 N–H and O–H groups in total. The van der Waals surface area contributed by atoms with Crippen LogP contribution in [-0.4, -0.2) is 34.6 Å². The molecule has 16 heavy (non-hydrogen) atoms. The van der Waals surface area contributed by atoms with Crippen LogP contribution in [0, 0.1) is 0 Å². The summed E-state index contributed by atoms with van der Waals surface area (Å²) in [5.41, 5.74) is 6.74. The SMILES string of the molecule is COCCc1c(CC(N)=O)nnn1C(C)C. The largest absolute Gasteiger partial charge is 0.384 e. The summed E-state index contributed by atoms with van der Waals surface area (Å²) in [6.07, 6.45) is 0.816. The molecule has 0 unspecified atom stereocenters. The maximum absolute atomic E-state index is 10.9. The van der Waals surface area contributed by atoms with Gasteiger partial charge in [0.05, 0.1) is 24.4 Å². The van der Waals surface area contributed by atoms with Crippen LogP contribution >= 0.6 is 0 Å². The summed E-state index contributed by atoms with van der Waals surface area (Å²) in [5, 5.41) is 8.01. The molecule has 0 aliphatic carbocycles. The van der Waals surface area contributed by atoms with Crippen LogP contribution in [-0.2, 0) is 22.4 Å². The van der Waals surface area contributed by atoms with Gasteiger partial charge in [0.15, 0.2) is 0 Å². The molecule has 0 atom stereocenters. The number of hydrogen-bond acceptors (Lipinski definition) is 4. The summed E-state index contributed by atoms with van der Waals surface area (Å²) in [6.45, 7) is 4.60. The molecule has 0 bridgehead atoms. The minimum absolute atomic E-state index is 0.131. The van der Waals surface area contributed by atoms with Gasteiger partial charge in [-0.3, -0.25) is 4.79 Å². The third-order valence-electron chi connectivity index (χ3n) is 2.25. The standard InChI is InChI=1S/C10H18N4O2/c1-7(2)14-9(4-5-16-3)8(12-13-14)6-10(11)15/h7H,4-6H2,1-3H3,(H2,11,15). The zero-order valence-electron chi connectivity index (χ0n) is 9.93. The van der Waals surface area contributed by atoms with Crippen LogP contribution in [0.25, 0.3) is 0 Å². The second-order valence-corrected chi connectivity index (χ2v) is 3.91. The van der Waals surface area contributed by atoms with Crippen molar-refractivity contribution in [3.63, 3.8) is 0 Å². The lowest BCUT2D eigenvalue weighted by Gasteiger charge is -2.10.